The second-order valence-electron chi connectivity index (χ2n) is 3.55. The summed E-state index contributed by atoms with van der Waals surface area (Å²) >= 11 is 6.01. The summed E-state index contributed by atoms with van der Waals surface area (Å²) in [5.74, 6) is 0. The van der Waals surface area contributed by atoms with Gasteiger partial charge in [0.05, 0.1) is 0 Å². The average molecular weight is 249 g/mol. The Morgan fingerprint density at radius 1 is 1.40 bits per heavy atom. The minimum atomic E-state index is 0. The zero-order valence-corrected chi connectivity index (χ0v) is 10.4. The molecular formula is C11H18Cl2N2. The topological polar surface area (TPSA) is 52.0 Å². The molecule has 1 rings (SSSR count). The zero-order valence-electron chi connectivity index (χ0n) is 8.87. The summed E-state index contributed by atoms with van der Waals surface area (Å²) in [6.45, 7) is 2.67. The predicted octanol–water partition coefficient (Wildman–Crippen LogP) is 2.81. The van der Waals surface area contributed by atoms with Gasteiger partial charge in [0.1, 0.15) is 0 Å². The quantitative estimate of drug-likeness (QED) is 0.862. The molecule has 4 N–H and O–H groups in total. The maximum absolute atomic E-state index is 6.01. The van der Waals surface area contributed by atoms with Crippen LogP contribution in [0.5, 0.6) is 0 Å². The van der Waals surface area contributed by atoms with Crippen LogP contribution in [0.25, 0.3) is 0 Å². The van der Waals surface area contributed by atoms with Crippen LogP contribution >= 0.6 is 24.0 Å². The predicted molar refractivity (Wildman–Crippen MR) is 68.7 cm³/mol. The summed E-state index contributed by atoms with van der Waals surface area (Å²) < 4.78 is 0. The Bertz CT molecular complexity index is 303. The van der Waals surface area contributed by atoms with Gasteiger partial charge in [0, 0.05) is 11.1 Å². The van der Waals surface area contributed by atoms with Crippen LogP contribution in [0.4, 0.5) is 0 Å². The summed E-state index contributed by atoms with van der Waals surface area (Å²) in [7, 11) is 0. The number of rotatable bonds is 4. The van der Waals surface area contributed by atoms with Crippen LogP contribution < -0.4 is 11.5 Å². The van der Waals surface area contributed by atoms with Gasteiger partial charge in [-0.15, -0.1) is 12.4 Å². The van der Waals surface area contributed by atoms with Crippen molar-refractivity contribution in [2.45, 2.75) is 25.8 Å². The summed E-state index contributed by atoms with van der Waals surface area (Å²) in [6.07, 6.45) is 1.86. The smallest absolute Gasteiger partial charge is 0.0438 e. The third-order valence-corrected chi connectivity index (χ3v) is 2.75. The molecule has 1 atom stereocenters. The van der Waals surface area contributed by atoms with Crippen LogP contribution in [0.15, 0.2) is 18.2 Å². The molecule has 0 fully saturated rings. The first-order valence-corrected chi connectivity index (χ1v) is 5.24. The van der Waals surface area contributed by atoms with E-state index in [0.29, 0.717) is 6.54 Å². The standard InChI is InChI=1S/C11H17ClN2.ClH/c1-8-4-5-9(7-10(8)12)11(14)3-2-6-13;/h4-5,7,11H,2-3,6,13-14H2,1H3;1H/t11-;/m1./s1. The number of hydrogen-bond donors (Lipinski definition) is 2. The molecule has 0 radical (unpaired) electrons. The molecule has 4 heteroatoms. The van der Waals surface area contributed by atoms with Crippen molar-refractivity contribution in [3.05, 3.63) is 34.3 Å². The van der Waals surface area contributed by atoms with Gasteiger partial charge in [-0.1, -0.05) is 23.7 Å². The minimum Gasteiger partial charge on any atom is -0.330 e. The second-order valence-corrected chi connectivity index (χ2v) is 3.95. The Labute approximate surface area is 102 Å². The Morgan fingerprint density at radius 2 is 2.07 bits per heavy atom. The van der Waals surface area contributed by atoms with Crippen molar-refractivity contribution in [2.75, 3.05) is 6.54 Å². The van der Waals surface area contributed by atoms with Crippen LogP contribution in [0.1, 0.15) is 30.0 Å². The summed E-state index contributed by atoms with van der Waals surface area (Å²) in [6, 6.07) is 6.03. The van der Waals surface area contributed by atoms with Crippen LogP contribution in [0.2, 0.25) is 5.02 Å². The average Bonchev–Trinajstić information content (AvgIpc) is 2.18. The van der Waals surface area contributed by atoms with E-state index in [1.165, 1.54) is 0 Å². The van der Waals surface area contributed by atoms with Gasteiger partial charge in [0.25, 0.3) is 0 Å². The molecule has 0 aliphatic rings. The highest BCUT2D eigenvalue weighted by molar-refractivity contribution is 6.31. The van der Waals surface area contributed by atoms with Crippen LogP contribution in [-0.4, -0.2) is 6.54 Å². The molecule has 0 aromatic heterocycles. The molecule has 0 unspecified atom stereocenters. The fourth-order valence-electron chi connectivity index (χ4n) is 1.34. The van der Waals surface area contributed by atoms with E-state index in [0.717, 1.165) is 29.0 Å². The SMILES string of the molecule is Cc1ccc([C@H](N)CCCN)cc1Cl.Cl. The molecule has 0 heterocycles. The number of hydrogen-bond acceptors (Lipinski definition) is 2. The normalized spacial score (nSPS) is 12.0. The largest absolute Gasteiger partial charge is 0.330 e. The number of halogens is 2. The minimum absolute atomic E-state index is 0. The van der Waals surface area contributed by atoms with Gasteiger partial charge in [-0.2, -0.15) is 0 Å². The van der Waals surface area contributed by atoms with Crippen molar-refractivity contribution >= 4 is 24.0 Å². The lowest BCUT2D eigenvalue weighted by Crippen LogP contribution is -2.12. The van der Waals surface area contributed by atoms with Gasteiger partial charge in [0.2, 0.25) is 0 Å². The molecule has 1 aromatic rings. The summed E-state index contributed by atoms with van der Waals surface area (Å²) in [5, 5.41) is 0.783. The Balaban J connectivity index is 0.00000196. The molecule has 0 aliphatic carbocycles. The number of nitrogens with two attached hydrogens (primary N) is 2. The van der Waals surface area contributed by atoms with E-state index in [-0.39, 0.29) is 18.4 Å². The van der Waals surface area contributed by atoms with Gasteiger partial charge in [0.15, 0.2) is 0 Å². The van der Waals surface area contributed by atoms with E-state index < -0.39 is 0 Å². The molecular weight excluding hydrogens is 231 g/mol. The Hall–Kier alpha value is -0.280. The van der Waals surface area contributed by atoms with Crippen molar-refractivity contribution in [1.82, 2.24) is 0 Å². The lowest BCUT2D eigenvalue weighted by Gasteiger charge is -2.12. The molecule has 0 aliphatic heterocycles. The Kier molecular flexibility index (Phi) is 6.94. The van der Waals surface area contributed by atoms with Crippen LogP contribution in [0.3, 0.4) is 0 Å². The van der Waals surface area contributed by atoms with E-state index >= 15 is 0 Å². The second kappa shape index (κ2) is 7.07. The molecule has 0 amide bonds. The van der Waals surface area contributed by atoms with E-state index in [9.17, 15) is 0 Å². The van der Waals surface area contributed by atoms with Crippen molar-refractivity contribution in [3.63, 3.8) is 0 Å². The number of benzene rings is 1. The van der Waals surface area contributed by atoms with Gasteiger partial charge < -0.3 is 11.5 Å². The van der Waals surface area contributed by atoms with Gasteiger partial charge >= 0.3 is 0 Å². The molecule has 0 spiro atoms. The maximum Gasteiger partial charge on any atom is 0.0438 e. The molecule has 0 saturated carbocycles. The molecule has 86 valence electrons. The van der Waals surface area contributed by atoms with Crippen LogP contribution in [0, 0.1) is 6.92 Å². The fourth-order valence-corrected chi connectivity index (χ4v) is 1.53. The third kappa shape index (κ3) is 4.39. The lowest BCUT2D eigenvalue weighted by molar-refractivity contribution is 0.618. The van der Waals surface area contributed by atoms with Crippen molar-refractivity contribution < 1.29 is 0 Å². The zero-order chi connectivity index (χ0) is 10.6. The highest BCUT2D eigenvalue weighted by Gasteiger charge is 2.06. The van der Waals surface area contributed by atoms with Gasteiger partial charge in [-0.25, -0.2) is 0 Å². The van der Waals surface area contributed by atoms with Gasteiger partial charge in [-0.05, 0) is 43.5 Å². The molecule has 2 nitrogen and oxygen atoms in total. The van der Waals surface area contributed by atoms with E-state index in [1.54, 1.807) is 0 Å². The highest BCUT2D eigenvalue weighted by Crippen LogP contribution is 2.22. The summed E-state index contributed by atoms with van der Waals surface area (Å²) in [4.78, 5) is 0. The molecule has 1 aromatic carbocycles. The first-order chi connectivity index (χ1) is 6.65. The monoisotopic (exact) mass is 248 g/mol. The molecule has 0 bridgehead atoms. The maximum atomic E-state index is 6.01. The van der Waals surface area contributed by atoms with Crippen LogP contribution in [-0.2, 0) is 0 Å². The van der Waals surface area contributed by atoms with E-state index in [1.807, 2.05) is 25.1 Å². The molecule has 0 saturated heterocycles. The van der Waals surface area contributed by atoms with Crippen molar-refractivity contribution in [2.24, 2.45) is 11.5 Å². The van der Waals surface area contributed by atoms with E-state index in [4.69, 9.17) is 23.1 Å². The Morgan fingerprint density at radius 3 is 2.60 bits per heavy atom. The highest BCUT2D eigenvalue weighted by atomic mass is 35.5. The molecule has 15 heavy (non-hydrogen) atoms. The lowest BCUT2D eigenvalue weighted by atomic mass is 10.0. The first kappa shape index (κ1) is 14.7. The van der Waals surface area contributed by atoms with Gasteiger partial charge in [-0.3, -0.25) is 0 Å². The third-order valence-electron chi connectivity index (χ3n) is 2.34. The van der Waals surface area contributed by atoms with Crippen molar-refractivity contribution in [3.8, 4) is 0 Å². The van der Waals surface area contributed by atoms with E-state index in [2.05, 4.69) is 0 Å². The summed E-state index contributed by atoms with van der Waals surface area (Å²) in [5.41, 5.74) is 13.6. The fraction of sp³-hybridized carbons (Fsp3) is 0.455. The number of aryl methyl sites for hydroxylation is 1. The van der Waals surface area contributed by atoms with Crippen molar-refractivity contribution in [1.29, 1.82) is 0 Å². The first-order valence-electron chi connectivity index (χ1n) is 4.87.